The summed E-state index contributed by atoms with van der Waals surface area (Å²) in [7, 11) is 0. The first kappa shape index (κ1) is 10.6. The minimum Gasteiger partial charge on any atom is -0.298 e. The molecule has 0 bridgehead atoms. The lowest BCUT2D eigenvalue weighted by Crippen LogP contribution is -2.06. The first-order chi connectivity index (χ1) is 7.79. The summed E-state index contributed by atoms with van der Waals surface area (Å²) in [5.41, 5.74) is 1.91. The van der Waals surface area contributed by atoms with Gasteiger partial charge in [-0.15, -0.1) is 11.3 Å². The summed E-state index contributed by atoms with van der Waals surface area (Å²) in [4.78, 5) is 15.4. The first-order valence-corrected chi connectivity index (χ1v) is 5.62. The predicted octanol–water partition coefficient (Wildman–Crippen LogP) is 2.93. The molecule has 1 N–H and O–H groups in total. The topological polar surface area (TPSA) is 42.0 Å². The van der Waals surface area contributed by atoms with Crippen molar-refractivity contribution in [2.75, 3.05) is 5.32 Å². The van der Waals surface area contributed by atoms with Gasteiger partial charge in [0.05, 0.1) is 5.69 Å². The molecule has 80 valence electrons. The lowest BCUT2D eigenvalue weighted by atomic mass is 10.2. The summed E-state index contributed by atoms with van der Waals surface area (Å²) in [6.45, 7) is 3.39. The van der Waals surface area contributed by atoms with E-state index in [9.17, 15) is 4.79 Å². The second kappa shape index (κ2) is 4.72. The van der Waals surface area contributed by atoms with Gasteiger partial charge in [0.2, 0.25) is 5.91 Å². The predicted molar refractivity (Wildman–Crippen MR) is 66.4 cm³/mol. The van der Waals surface area contributed by atoms with Crippen molar-refractivity contribution in [3.8, 4) is 11.3 Å². The molecule has 0 aliphatic heterocycles. The molecule has 0 atom stereocenters. The normalized spacial score (nSPS) is 9.75. The van der Waals surface area contributed by atoms with Gasteiger partial charge in [0.15, 0.2) is 5.13 Å². The van der Waals surface area contributed by atoms with Crippen LogP contribution in [-0.4, -0.2) is 10.9 Å². The lowest BCUT2D eigenvalue weighted by molar-refractivity contribution is -0.111. The number of anilines is 1. The molecule has 0 aliphatic rings. The zero-order valence-electron chi connectivity index (χ0n) is 8.51. The number of rotatable bonds is 3. The summed E-state index contributed by atoms with van der Waals surface area (Å²) in [6.07, 6.45) is 1.23. The molecule has 0 radical (unpaired) electrons. The number of benzene rings is 1. The van der Waals surface area contributed by atoms with Gasteiger partial charge >= 0.3 is 0 Å². The summed E-state index contributed by atoms with van der Waals surface area (Å²) in [5, 5.41) is 5.13. The molecule has 1 aromatic heterocycles. The molecular formula is C12H10N2OS. The standard InChI is InChI=1S/C12H10N2OS/c1-2-11(15)14-12-13-10(8-16-12)9-6-4-3-5-7-9/h2-8H,1H2,(H,13,14,15). The fraction of sp³-hybridized carbons (Fsp3) is 0. The van der Waals surface area contributed by atoms with Crippen LogP contribution in [0.4, 0.5) is 5.13 Å². The SMILES string of the molecule is C=CC(=O)Nc1nc(-c2ccccc2)cs1. The minimum absolute atomic E-state index is 0.242. The lowest BCUT2D eigenvalue weighted by Gasteiger charge is -1.95. The fourth-order valence-electron chi connectivity index (χ4n) is 1.23. The van der Waals surface area contributed by atoms with Gasteiger partial charge < -0.3 is 0 Å². The van der Waals surface area contributed by atoms with Crippen LogP contribution >= 0.6 is 11.3 Å². The van der Waals surface area contributed by atoms with Crippen LogP contribution in [0.2, 0.25) is 0 Å². The number of nitrogens with zero attached hydrogens (tertiary/aromatic N) is 1. The van der Waals surface area contributed by atoms with Crippen LogP contribution in [0.25, 0.3) is 11.3 Å². The number of nitrogens with one attached hydrogen (secondary N) is 1. The van der Waals surface area contributed by atoms with Crippen LogP contribution < -0.4 is 5.32 Å². The first-order valence-electron chi connectivity index (χ1n) is 4.74. The molecule has 0 unspecified atom stereocenters. The van der Waals surface area contributed by atoms with Crippen molar-refractivity contribution in [3.05, 3.63) is 48.4 Å². The Labute approximate surface area is 97.5 Å². The van der Waals surface area contributed by atoms with E-state index in [0.717, 1.165) is 11.3 Å². The van der Waals surface area contributed by atoms with E-state index in [1.807, 2.05) is 35.7 Å². The maximum absolute atomic E-state index is 11.1. The van der Waals surface area contributed by atoms with Crippen molar-refractivity contribution in [1.82, 2.24) is 4.98 Å². The highest BCUT2D eigenvalue weighted by Crippen LogP contribution is 2.24. The van der Waals surface area contributed by atoms with Crippen molar-refractivity contribution in [2.45, 2.75) is 0 Å². The molecule has 0 spiro atoms. The van der Waals surface area contributed by atoms with E-state index < -0.39 is 0 Å². The third-order valence-electron chi connectivity index (χ3n) is 1.99. The zero-order chi connectivity index (χ0) is 11.4. The van der Waals surface area contributed by atoms with E-state index in [0.29, 0.717) is 5.13 Å². The largest absolute Gasteiger partial charge is 0.298 e. The second-order valence-electron chi connectivity index (χ2n) is 3.10. The van der Waals surface area contributed by atoms with Gasteiger partial charge in [-0.25, -0.2) is 4.98 Å². The maximum Gasteiger partial charge on any atom is 0.249 e. The fourth-order valence-corrected chi connectivity index (χ4v) is 1.95. The van der Waals surface area contributed by atoms with E-state index >= 15 is 0 Å². The van der Waals surface area contributed by atoms with Crippen molar-refractivity contribution < 1.29 is 4.79 Å². The van der Waals surface area contributed by atoms with Gasteiger partial charge in [-0.2, -0.15) is 0 Å². The molecule has 2 aromatic rings. The van der Waals surface area contributed by atoms with E-state index in [4.69, 9.17) is 0 Å². The van der Waals surface area contributed by atoms with Crippen molar-refractivity contribution in [1.29, 1.82) is 0 Å². The molecule has 0 saturated carbocycles. The molecule has 16 heavy (non-hydrogen) atoms. The number of hydrogen-bond donors (Lipinski definition) is 1. The van der Waals surface area contributed by atoms with Crippen LogP contribution in [0.1, 0.15) is 0 Å². The Morgan fingerprint density at radius 2 is 2.12 bits per heavy atom. The smallest absolute Gasteiger partial charge is 0.249 e. The van der Waals surface area contributed by atoms with Gasteiger partial charge in [-0.1, -0.05) is 36.9 Å². The van der Waals surface area contributed by atoms with Crippen LogP contribution in [0.5, 0.6) is 0 Å². The van der Waals surface area contributed by atoms with Crippen molar-refractivity contribution in [2.24, 2.45) is 0 Å². The highest BCUT2D eigenvalue weighted by molar-refractivity contribution is 7.14. The molecule has 1 aromatic carbocycles. The molecule has 4 heteroatoms. The maximum atomic E-state index is 11.1. The van der Waals surface area contributed by atoms with Crippen LogP contribution in [-0.2, 0) is 4.79 Å². The highest BCUT2D eigenvalue weighted by Gasteiger charge is 2.05. The van der Waals surface area contributed by atoms with Gasteiger partial charge in [0, 0.05) is 10.9 Å². The molecule has 3 nitrogen and oxygen atoms in total. The van der Waals surface area contributed by atoms with E-state index in [-0.39, 0.29) is 5.91 Å². The molecule has 1 heterocycles. The number of aromatic nitrogens is 1. The highest BCUT2D eigenvalue weighted by atomic mass is 32.1. The summed E-state index contributed by atoms with van der Waals surface area (Å²) >= 11 is 1.40. The number of carbonyl (C=O) groups is 1. The Bertz CT molecular complexity index is 505. The van der Waals surface area contributed by atoms with Gasteiger partial charge in [0.25, 0.3) is 0 Å². The van der Waals surface area contributed by atoms with Crippen LogP contribution in [0, 0.1) is 0 Å². The molecule has 0 saturated heterocycles. The third kappa shape index (κ3) is 2.35. The number of thiazole rings is 1. The number of amides is 1. The average Bonchev–Trinajstić information content (AvgIpc) is 2.78. The molecule has 0 aliphatic carbocycles. The van der Waals surface area contributed by atoms with Crippen LogP contribution in [0.3, 0.4) is 0 Å². The number of hydrogen-bond acceptors (Lipinski definition) is 3. The van der Waals surface area contributed by atoms with Gasteiger partial charge in [-0.05, 0) is 6.08 Å². The zero-order valence-corrected chi connectivity index (χ0v) is 9.33. The van der Waals surface area contributed by atoms with Crippen molar-refractivity contribution >= 4 is 22.4 Å². The monoisotopic (exact) mass is 230 g/mol. The quantitative estimate of drug-likeness (QED) is 0.824. The Kier molecular flexibility index (Phi) is 3.12. The molecular weight excluding hydrogens is 220 g/mol. The van der Waals surface area contributed by atoms with Crippen LogP contribution in [0.15, 0.2) is 48.4 Å². The number of carbonyl (C=O) groups excluding carboxylic acids is 1. The van der Waals surface area contributed by atoms with E-state index in [1.165, 1.54) is 17.4 Å². The Hall–Kier alpha value is -1.94. The Morgan fingerprint density at radius 3 is 2.81 bits per heavy atom. The summed E-state index contributed by atoms with van der Waals surface area (Å²) in [5.74, 6) is -0.242. The summed E-state index contributed by atoms with van der Waals surface area (Å²) < 4.78 is 0. The molecule has 1 amide bonds. The Balaban J connectivity index is 2.20. The van der Waals surface area contributed by atoms with Gasteiger partial charge in [-0.3, -0.25) is 10.1 Å². The van der Waals surface area contributed by atoms with E-state index in [1.54, 1.807) is 0 Å². The van der Waals surface area contributed by atoms with Crippen molar-refractivity contribution in [3.63, 3.8) is 0 Å². The Morgan fingerprint density at radius 1 is 1.38 bits per heavy atom. The minimum atomic E-state index is -0.242. The third-order valence-corrected chi connectivity index (χ3v) is 2.75. The second-order valence-corrected chi connectivity index (χ2v) is 3.96. The average molecular weight is 230 g/mol. The van der Waals surface area contributed by atoms with E-state index in [2.05, 4.69) is 16.9 Å². The molecule has 0 fully saturated rings. The van der Waals surface area contributed by atoms with Gasteiger partial charge in [0.1, 0.15) is 0 Å². The molecule has 2 rings (SSSR count). The summed E-state index contributed by atoms with van der Waals surface area (Å²) in [6, 6.07) is 9.83.